The predicted molar refractivity (Wildman–Crippen MR) is 61.6 cm³/mol. The van der Waals surface area contributed by atoms with Crippen molar-refractivity contribution in [1.82, 2.24) is 4.90 Å². The molecular weight excluding hydrogens is 188 g/mol. The first-order valence-corrected chi connectivity index (χ1v) is 6.20. The standard InChI is InChI=1S/C12H24N2O/c1-11(15)3-2-8-14(9-11)10-12(4-5-12)6-7-13/h15H,2-10,13H2,1H3. The highest BCUT2D eigenvalue weighted by molar-refractivity contribution is 4.97. The second kappa shape index (κ2) is 4.04. The number of hydrogen-bond donors (Lipinski definition) is 2. The van der Waals surface area contributed by atoms with Gasteiger partial charge >= 0.3 is 0 Å². The molecule has 1 atom stereocenters. The number of piperidine rings is 1. The molecule has 3 N–H and O–H groups in total. The van der Waals surface area contributed by atoms with Gasteiger partial charge in [-0.15, -0.1) is 0 Å². The van der Waals surface area contributed by atoms with E-state index < -0.39 is 5.60 Å². The van der Waals surface area contributed by atoms with Crippen molar-refractivity contribution in [3.8, 4) is 0 Å². The molecule has 1 aliphatic carbocycles. The van der Waals surface area contributed by atoms with Crippen molar-refractivity contribution in [2.75, 3.05) is 26.2 Å². The highest BCUT2D eigenvalue weighted by Gasteiger charge is 2.44. The largest absolute Gasteiger partial charge is 0.389 e. The first-order valence-electron chi connectivity index (χ1n) is 6.20. The van der Waals surface area contributed by atoms with E-state index in [0.717, 1.165) is 45.4 Å². The molecule has 1 heterocycles. The van der Waals surface area contributed by atoms with Crippen molar-refractivity contribution >= 4 is 0 Å². The quantitative estimate of drug-likeness (QED) is 0.730. The van der Waals surface area contributed by atoms with Crippen LogP contribution in [-0.2, 0) is 0 Å². The van der Waals surface area contributed by atoms with Crippen molar-refractivity contribution in [3.63, 3.8) is 0 Å². The zero-order valence-corrected chi connectivity index (χ0v) is 9.84. The van der Waals surface area contributed by atoms with Crippen LogP contribution in [0.4, 0.5) is 0 Å². The topological polar surface area (TPSA) is 49.5 Å². The van der Waals surface area contributed by atoms with Crippen LogP contribution in [0.15, 0.2) is 0 Å². The van der Waals surface area contributed by atoms with Crippen molar-refractivity contribution in [1.29, 1.82) is 0 Å². The normalized spacial score (nSPS) is 35.4. The van der Waals surface area contributed by atoms with Crippen LogP contribution in [0, 0.1) is 5.41 Å². The van der Waals surface area contributed by atoms with Gasteiger partial charge in [-0.05, 0) is 57.5 Å². The molecule has 0 radical (unpaired) electrons. The summed E-state index contributed by atoms with van der Waals surface area (Å²) in [7, 11) is 0. The van der Waals surface area contributed by atoms with E-state index in [0.29, 0.717) is 5.41 Å². The van der Waals surface area contributed by atoms with Gasteiger partial charge in [-0.3, -0.25) is 4.90 Å². The maximum Gasteiger partial charge on any atom is 0.0746 e. The van der Waals surface area contributed by atoms with Crippen LogP contribution >= 0.6 is 0 Å². The lowest BCUT2D eigenvalue weighted by Crippen LogP contribution is -2.48. The zero-order chi connectivity index (χ0) is 10.9. The Kier molecular flexibility index (Phi) is 3.06. The number of rotatable bonds is 4. The van der Waals surface area contributed by atoms with Crippen molar-refractivity contribution in [2.24, 2.45) is 11.1 Å². The lowest BCUT2D eigenvalue weighted by atomic mass is 9.93. The second-order valence-corrected chi connectivity index (χ2v) is 5.85. The van der Waals surface area contributed by atoms with E-state index in [2.05, 4.69) is 4.90 Å². The summed E-state index contributed by atoms with van der Waals surface area (Å²) in [5.74, 6) is 0. The van der Waals surface area contributed by atoms with Crippen LogP contribution in [-0.4, -0.2) is 41.8 Å². The molecule has 2 rings (SSSR count). The van der Waals surface area contributed by atoms with Gasteiger partial charge in [-0.25, -0.2) is 0 Å². The molecule has 3 nitrogen and oxygen atoms in total. The van der Waals surface area contributed by atoms with E-state index in [1.807, 2.05) is 6.92 Å². The van der Waals surface area contributed by atoms with Gasteiger partial charge in [0, 0.05) is 13.1 Å². The minimum absolute atomic E-state index is 0.461. The molecule has 0 aromatic carbocycles. The fraction of sp³-hybridized carbons (Fsp3) is 1.00. The second-order valence-electron chi connectivity index (χ2n) is 5.85. The van der Waals surface area contributed by atoms with Gasteiger partial charge in [0.25, 0.3) is 0 Å². The molecule has 15 heavy (non-hydrogen) atoms. The average molecular weight is 212 g/mol. The van der Waals surface area contributed by atoms with Crippen LogP contribution in [0.3, 0.4) is 0 Å². The summed E-state index contributed by atoms with van der Waals surface area (Å²) in [4.78, 5) is 2.44. The van der Waals surface area contributed by atoms with E-state index in [9.17, 15) is 5.11 Å². The maximum absolute atomic E-state index is 10.0. The Hall–Kier alpha value is -0.120. The van der Waals surface area contributed by atoms with Crippen LogP contribution < -0.4 is 5.73 Å². The lowest BCUT2D eigenvalue weighted by Gasteiger charge is -2.38. The first-order chi connectivity index (χ1) is 7.05. The van der Waals surface area contributed by atoms with Gasteiger partial charge in [-0.1, -0.05) is 0 Å². The van der Waals surface area contributed by atoms with Crippen LogP contribution in [0.25, 0.3) is 0 Å². The van der Waals surface area contributed by atoms with Gasteiger partial charge < -0.3 is 10.8 Å². The molecule has 3 heteroatoms. The first kappa shape index (κ1) is 11.4. The van der Waals surface area contributed by atoms with Crippen LogP contribution in [0.5, 0.6) is 0 Å². The zero-order valence-electron chi connectivity index (χ0n) is 9.84. The number of likely N-dealkylation sites (tertiary alicyclic amines) is 1. The highest BCUT2D eigenvalue weighted by Crippen LogP contribution is 2.49. The van der Waals surface area contributed by atoms with Gasteiger partial charge in [-0.2, -0.15) is 0 Å². The lowest BCUT2D eigenvalue weighted by molar-refractivity contribution is -0.0215. The summed E-state index contributed by atoms with van der Waals surface area (Å²) < 4.78 is 0. The van der Waals surface area contributed by atoms with E-state index in [4.69, 9.17) is 5.73 Å². The Morgan fingerprint density at radius 3 is 2.60 bits per heavy atom. The Bertz CT molecular complexity index is 224. The molecule has 2 fully saturated rings. The average Bonchev–Trinajstić information content (AvgIpc) is 2.83. The van der Waals surface area contributed by atoms with Crippen molar-refractivity contribution < 1.29 is 5.11 Å². The Labute approximate surface area is 92.6 Å². The molecule has 88 valence electrons. The number of nitrogens with zero attached hydrogens (tertiary/aromatic N) is 1. The van der Waals surface area contributed by atoms with Gasteiger partial charge in [0.15, 0.2) is 0 Å². The number of hydrogen-bond acceptors (Lipinski definition) is 3. The number of aliphatic hydroxyl groups is 1. The molecule has 1 saturated carbocycles. The van der Waals surface area contributed by atoms with E-state index >= 15 is 0 Å². The van der Waals surface area contributed by atoms with Gasteiger partial charge in [0.1, 0.15) is 0 Å². The fourth-order valence-electron chi connectivity index (χ4n) is 2.90. The van der Waals surface area contributed by atoms with E-state index in [-0.39, 0.29) is 0 Å². The predicted octanol–water partition coefficient (Wildman–Crippen LogP) is 0.962. The monoisotopic (exact) mass is 212 g/mol. The Morgan fingerprint density at radius 1 is 1.33 bits per heavy atom. The third kappa shape index (κ3) is 2.92. The summed E-state index contributed by atoms with van der Waals surface area (Å²) in [6, 6.07) is 0. The van der Waals surface area contributed by atoms with Crippen LogP contribution in [0.2, 0.25) is 0 Å². The minimum Gasteiger partial charge on any atom is -0.389 e. The molecule has 2 aliphatic rings. The molecule has 0 aromatic rings. The molecule has 0 aromatic heterocycles. The highest BCUT2D eigenvalue weighted by atomic mass is 16.3. The van der Waals surface area contributed by atoms with Gasteiger partial charge in [0.2, 0.25) is 0 Å². The number of nitrogens with two attached hydrogens (primary N) is 1. The summed E-state index contributed by atoms with van der Waals surface area (Å²) in [5, 5.41) is 10.0. The number of β-amino-alcohol motifs (C(OH)–C–C–N with tert-alkyl or cyclic N) is 1. The van der Waals surface area contributed by atoms with E-state index in [1.54, 1.807) is 0 Å². The molecule has 0 spiro atoms. The molecule has 1 unspecified atom stereocenters. The Balaban J connectivity index is 1.84. The fourth-order valence-corrected chi connectivity index (χ4v) is 2.90. The van der Waals surface area contributed by atoms with Crippen LogP contribution in [0.1, 0.15) is 39.0 Å². The Morgan fingerprint density at radius 2 is 2.07 bits per heavy atom. The summed E-state index contributed by atoms with van der Waals surface area (Å²) >= 11 is 0. The maximum atomic E-state index is 10.0. The van der Waals surface area contributed by atoms with Gasteiger partial charge in [0.05, 0.1) is 5.60 Å². The van der Waals surface area contributed by atoms with E-state index in [1.165, 1.54) is 12.8 Å². The molecule has 0 bridgehead atoms. The summed E-state index contributed by atoms with van der Waals surface area (Å²) in [6.07, 6.45) is 5.91. The summed E-state index contributed by atoms with van der Waals surface area (Å²) in [6.45, 7) is 5.92. The van der Waals surface area contributed by atoms with Crippen molar-refractivity contribution in [2.45, 2.75) is 44.6 Å². The third-order valence-corrected chi connectivity index (χ3v) is 3.94. The minimum atomic E-state index is -0.461. The molecular formula is C12H24N2O. The SMILES string of the molecule is CC1(O)CCCN(CC2(CCN)CC2)C1. The third-order valence-electron chi connectivity index (χ3n) is 3.94. The molecule has 1 saturated heterocycles. The van der Waals surface area contributed by atoms with Crippen molar-refractivity contribution in [3.05, 3.63) is 0 Å². The molecule has 0 amide bonds. The molecule has 1 aliphatic heterocycles. The smallest absolute Gasteiger partial charge is 0.0746 e. The summed E-state index contributed by atoms with van der Waals surface area (Å²) in [5.41, 5.74) is 5.70.